The molecule has 1 heterocycles. The van der Waals surface area contributed by atoms with E-state index in [9.17, 15) is 19.8 Å². The molecule has 4 rings (SSSR count). The molecule has 7 nitrogen and oxygen atoms in total. The van der Waals surface area contributed by atoms with E-state index in [4.69, 9.17) is 0 Å². The van der Waals surface area contributed by atoms with Crippen LogP contribution in [0.25, 0.3) is 22.2 Å². The number of amides is 2. The minimum Gasteiger partial charge on any atom is -0.508 e. The monoisotopic (exact) mass is 569 g/mol. The third-order valence-corrected chi connectivity index (χ3v) is 7.79. The number of phenols is 2. The van der Waals surface area contributed by atoms with Crippen molar-refractivity contribution >= 4 is 28.4 Å². The number of anilines is 1. The predicted octanol–water partition coefficient (Wildman–Crippen LogP) is 7.33. The van der Waals surface area contributed by atoms with E-state index in [-0.39, 0.29) is 23.3 Å². The molecule has 2 N–H and O–H groups in total. The minimum atomic E-state index is -0.0788. The largest absolute Gasteiger partial charge is 0.508 e. The molecule has 0 radical (unpaired) electrons. The van der Waals surface area contributed by atoms with Gasteiger partial charge in [0.1, 0.15) is 11.5 Å². The number of unbranched alkanes of at least 4 members (excludes halogenated alkanes) is 4. The van der Waals surface area contributed by atoms with Crippen molar-refractivity contribution < 1.29 is 19.8 Å². The van der Waals surface area contributed by atoms with Gasteiger partial charge in [0, 0.05) is 51.0 Å². The standard InChI is InChI=1S/C35H43N3O4/c1-4-5-22-36(3)33(42)15-11-6-7-12-23-37(26(2)39)35-31-24-30(41)20-21-32(31)38(25-27-13-9-8-10-14-27)34(35)28-16-18-29(40)19-17-28/h8-10,13-14,16-21,24,40-41H,4-7,11-12,15,22-23,25H2,1-3H3. The fourth-order valence-electron chi connectivity index (χ4n) is 5.48. The van der Waals surface area contributed by atoms with Gasteiger partial charge in [0.2, 0.25) is 11.8 Å². The summed E-state index contributed by atoms with van der Waals surface area (Å²) >= 11 is 0. The highest BCUT2D eigenvalue weighted by atomic mass is 16.3. The van der Waals surface area contributed by atoms with Crippen LogP contribution in [0.2, 0.25) is 0 Å². The van der Waals surface area contributed by atoms with Crippen molar-refractivity contribution in [2.24, 2.45) is 0 Å². The van der Waals surface area contributed by atoms with Crippen molar-refractivity contribution in [3.05, 3.63) is 78.4 Å². The second-order valence-corrected chi connectivity index (χ2v) is 11.0. The molecule has 0 aliphatic rings. The molecule has 1 aromatic heterocycles. The van der Waals surface area contributed by atoms with E-state index in [0.29, 0.717) is 19.5 Å². The number of hydrogen-bond acceptors (Lipinski definition) is 4. The zero-order valence-corrected chi connectivity index (χ0v) is 25.1. The number of nitrogens with zero attached hydrogens (tertiary/aromatic N) is 3. The van der Waals surface area contributed by atoms with Crippen molar-refractivity contribution in [1.29, 1.82) is 0 Å². The van der Waals surface area contributed by atoms with Gasteiger partial charge in [-0.3, -0.25) is 9.59 Å². The first kappa shape index (κ1) is 30.7. The third kappa shape index (κ3) is 7.52. The molecule has 4 aromatic rings. The molecule has 0 aliphatic heterocycles. The van der Waals surface area contributed by atoms with E-state index in [0.717, 1.165) is 78.5 Å². The van der Waals surface area contributed by atoms with Crippen LogP contribution in [0.5, 0.6) is 11.5 Å². The van der Waals surface area contributed by atoms with Gasteiger partial charge in [-0.1, -0.05) is 56.5 Å². The SMILES string of the molecule is CCCCN(C)C(=O)CCCCCCN(C(C)=O)c1c(-c2ccc(O)cc2)n(Cc2ccccc2)c2ccc(O)cc12. The van der Waals surface area contributed by atoms with Crippen molar-refractivity contribution in [3.63, 3.8) is 0 Å². The summed E-state index contributed by atoms with van der Waals surface area (Å²) in [7, 11) is 1.88. The molecule has 0 saturated carbocycles. The molecule has 0 saturated heterocycles. The van der Waals surface area contributed by atoms with Crippen LogP contribution >= 0.6 is 0 Å². The first-order chi connectivity index (χ1) is 20.3. The zero-order valence-electron chi connectivity index (χ0n) is 25.1. The first-order valence-corrected chi connectivity index (χ1v) is 15.0. The van der Waals surface area contributed by atoms with E-state index in [1.54, 1.807) is 31.2 Å². The second-order valence-electron chi connectivity index (χ2n) is 11.0. The van der Waals surface area contributed by atoms with Crippen LogP contribution in [0.4, 0.5) is 5.69 Å². The van der Waals surface area contributed by atoms with Gasteiger partial charge in [0.25, 0.3) is 0 Å². The number of hydrogen-bond donors (Lipinski definition) is 2. The van der Waals surface area contributed by atoms with E-state index < -0.39 is 0 Å². The molecule has 7 heteroatoms. The molecule has 0 fully saturated rings. The smallest absolute Gasteiger partial charge is 0.223 e. The number of carbonyl (C=O) groups excluding carboxylic acids is 2. The normalized spacial score (nSPS) is 11.1. The van der Waals surface area contributed by atoms with Crippen LogP contribution in [0.1, 0.15) is 64.4 Å². The average molecular weight is 570 g/mol. The van der Waals surface area contributed by atoms with E-state index in [2.05, 4.69) is 23.6 Å². The number of carbonyl (C=O) groups is 2. The number of fused-ring (bicyclic) bond motifs is 1. The zero-order chi connectivity index (χ0) is 30.1. The highest BCUT2D eigenvalue weighted by Gasteiger charge is 2.26. The number of aromatic nitrogens is 1. The average Bonchev–Trinajstić information content (AvgIpc) is 3.28. The van der Waals surface area contributed by atoms with Crippen LogP contribution in [-0.2, 0) is 16.1 Å². The summed E-state index contributed by atoms with van der Waals surface area (Å²) in [6, 6.07) is 22.5. The van der Waals surface area contributed by atoms with E-state index in [1.807, 2.05) is 53.2 Å². The van der Waals surface area contributed by atoms with Crippen LogP contribution in [0, 0.1) is 0 Å². The van der Waals surface area contributed by atoms with Crippen molar-refractivity contribution in [2.75, 3.05) is 25.0 Å². The Morgan fingerprint density at radius 2 is 1.50 bits per heavy atom. The second kappa shape index (κ2) is 14.6. The van der Waals surface area contributed by atoms with Crippen LogP contribution in [0.3, 0.4) is 0 Å². The number of aromatic hydroxyl groups is 2. The molecule has 222 valence electrons. The Bertz CT molecular complexity index is 1480. The van der Waals surface area contributed by atoms with Gasteiger partial charge in [0.05, 0.1) is 16.9 Å². The fourth-order valence-corrected chi connectivity index (χ4v) is 5.48. The molecule has 0 spiro atoms. The summed E-state index contributed by atoms with van der Waals surface area (Å²) in [5, 5.41) is 21.3. The summed E-state index contributed by atoms with van der Waals surface area (Å²) in [6.07, 6.45) is 6.08. The van der Waals surface area contributed by atoms with Gasteiger partial charge < -0.3 is 24.6 Å². The van der Waals surface area contributed by atoms with Crippen LogP contribution < -0.4 is 4.90 Å². The Hall–Kier alpha value is -4.26. The lowest BCUT2D eigenvalue weighted by Crippen LogP contribution is -2.30. The molecule has 42 heavy (non-hydrogen) atoms. The Morgan fingerprint density at radius 1 is 0.810 bits per heavy atom. The number of benzene rings is 3. The summed E-state index contributed by atoms with van der Waals surface area (Å²) < 4.78 is 2.18. The Morgan fingerprint density at radius 3 is 2.19 bits per heavy atom. The first-order valence-electron chi connectivity index (χ1n) is 15.0. The molecule has 0 atom stereocenters. The maximum Gasteiger partial charge on any atom is 0.223 e. The van der Waals surface area contributed by atoms with Gasteiger partial charge in [-0.05, 0) is 67.3 Å². The highest BCUT2D eigenvalue weighted by Crippen LogP contribution is 2.43. The van der Waals surface area contributed by atoms with Crippen molar-refractivity contribution in [1.82, 2.24) is 9.47 Å². The minimum absolute atomic E-state index is 0.0788. The summed E-state index contributed by atoms with van der Waals surface area (Å²) in [6.45, 7) is 5.60. The summed E-state index contributed by atoms with van der Waals surface area (Å²) in [5.41, 5.74) is 4.49. The van der Waals surface area contributed by atoms with Crippen molar-refractivity contribution in [3.8, 4) is 22.8 Å². The van der Waals surface area contributed by atoms with Crippen LogP contribution in [-0.4, -0.2) is 51.6 Å². The lowest BCUT2D eigenvalue weighted by atomic mass is 10.1. The summed E-state index contributed by atoms with van der Waals surface area (Å²) in [4.78, 5) is 29.2. The van der Waals surface area contributed by atoms with E-state index >= 15 is 0 Å². The van der Waals surface area contributed by atoms with Gasteiger partial charge in [-0.15, -0.1) is 0 Å². The number of phenolic OH excluding ortho intramolecular Hbond substituents is 2. The Balaban J connectivity index is 1.62. The quantitative estimate of drug-likeness (QED) is 0.156. The summed E-state index contributed by atoms with van der Waals surface area (Å²) in [5.74, 6) is 0.417. The Kier molecular flexibility index (Phi) is 10.7. The predicted molar refractivity (Wildman–Crippen MR) is 170 cm³/mol. The van der Waals surface area contributed by atoms with Gasteiger partial charge in [0.15, 0.2) is 0 Å². The molecule has 0 unspecified atom stereocenters. The lowest BCUT2D eigenvalue weighted by Gasteiger charge is -2.23. The molecule has 3 aromatic carbocycles. The fraction of sp³-hybridized carbons (Fsp3) is 0.371. The molecule has 2 amide bonds. The molecule has 0 bridgehead atoms. The van der Waals surface area contributed by atoms with Gasteiger partial charge in [-0.2, -0.15) is 0 Å². The molecular formula is C35H43N3O4. The maximum atomic E-state index is 13.2. The number of rotatable bonds is 14. The van der Waals surface area contributed by atoms with Gasteiger partial charge in [-0.25, -0.2) is 0 Å². The highest BCUT2D eigenvalue weighted by molar-refractivity contribution is 6.09. The Labute approximate surface area is 249 Å². The maximum absolute atomic E-state index is 13.2. The lowest BCUT2D eigenvalue weighted by molar-refractivity contribution is -0.130. The van der Waals surface area contributed by atoms with Crippen LogP contribution in [0.15, 0.2) is 72.8 Å². The topological polar surface area (TPSA) is 86.0 Å². The van der Waals surface area contributed by atoms with Gasteiger partial charge >= 0.3 is 0 Å². The molecular weight excluding hydrogens is 526 g/mol. The molecule has 0 aliphatic carbocycles. The van der Waals surface area contributed by atoms with Crippen molar-refractivity contribution in [2.45, 2.75) is 65.3 Å². The van der Waals surface area contributed by atoms with E-state index in [1.165, 1.54) is 0 Å². The third-order valence-electron chi connectivity index (χ3n) is 7.79.